The number of carbonyl (C=O) groups is 2. The average Bonchev–Trinajstić information content (AvgIpc) is 2.43. The number of esters is 1. The van der Waals surface area contributed by atoms with Crippen molar-refractivity contribution in [2.75, 3.05) is 19.7 Å². The van der Waals surface area contributed by atoms with Crippen molar-refractivity contribution < 1.29 is 14.3 Å². The summed E-state index contributed by atoms with van der Waals surface area (Å²) in [5.41, 5.74) is 0.358. The normalized spacial score (nSPS) is 11.6. The van der Waals surface area contributed by atoms with Crippen molar-refractivity contribution >= 4 is 12.0 Å². The molecule has 116 valence electrons. The molecule has 0 spiro atoms. The molecule has 2 N–H and O–H groups in total. The summed E-state index contributed by atoms with van der Waals surface area (Å²) in [5.74, 6) is 0.0970. The van der Waals surface area contributed by atoms with Gasteiger partial charge in [-0.25, -0.2) is 9.59 Å². The topological polar surface area (TPSA) is 67.4 Å². The Balaban J connectivity index is 3.67. The smallest absolute Gasteiger partial charge is 0.333 e. The minimum absolute atomic E-state index is 0.159. The van der Waals surface area contributed by atoms with Crippen LogP contribution in [0.2, 0.25) is 0 Å². The maximum absolute atomic E-state index is 11.5. The van der Waals surface area contributed by atoms with Crippen molar-refractivity contribution in [3.8, 4) is 0 Å². The summed E-state index contributed by atoms with van der Waals surface area (Å²) < 4.78 is 4.87. The zero-order chi connectivity index (χ0) is 15.4. The van der Waals surface area contributed by atoms with E-state index in [1.54, 1.807) is 6.92 Å². The molecule has 0 aliphatic rings. The molecule has 0 aliphatic heterocycles. The van der Waals surface area contributed by atoms with E-state index < -0.39 is 5.97 Å². The predicted octanol–water partition coefficient (Wildman–Crippen LogP) is 2.62. The minimum atomic E-state index is -0.433. The van der Waals surface area contributed by atoms with Gasteiger partial charge in [0.05, 0.1) is 6.54 Å². The van der Waals surface area contributed by atoms with Crippen molar-refractivity contribution in [3.63, 3.8) is 0 Å². The first-order valence-electron chi connectivity index (χ1n) is 7.35. The highest BCUT2D eigenvalue weighted by atomic mass is 16.5. The lowest BCUT2D eigenvalue weighted by Crippen LogP contribution is -2.39. The quantitative estimate of drug-likeness (QED) is 0.368. The summed E-state index contributed by atoms with van der Waals surface area (Å²) in [6.07, 6.45) is 4.58. The Morgan fingerprint density at radius 1 is 1.25 bits per heavy atom. The molecule has 5 nitrogen and oxygen atoms in total. The van der Waals surface area contributed by atoms with Gasteiger partial charge < -0.3 is 15.4 Å². The zero-order valence-corrected chi connectivity index (χ0v) is 13.0. The Hall–Kier alpha value is -1.52. The molecular weight excluding hydrogens is 256 g/mol. The molecule has 0 aromatic carbocycles. The Morgan fingerprint density at radius 3 is 2.50 bits per heavy atom. The molecule has 0 aliphatic carbocycles. The lowest BCUT2D eigenvalue weighted by molar-refractivity contribution is -0.138. The monoisotopic (exact) mass is 284 g/mol. The molecule has 0 radical (unpaired) electrons. The van der Waals surface area contributed by atoms with Gasteiger partial charge in [-0.15, -0.1) is 0 Å². The van der Waals surface area contributed by atoms with Gasteiger partial charge in [-0.3, -0.25) is 0 Å². The molecule has 20 heavy (non-hydrogen) atoms. The second-order valence-electron chi connectivity index (χ2n) is 4.97. The number of hydrogen-bond acceptors (Lipinski definition) is 3. The minimum Gasteiger partial charge on any atom is -0.460 e. The number of hydrogen-bond donors (Lipinski definition) is 2. The van der Waals surface area contributed by atoms with Crippen molar-refractivity contribution in [3.05, 3.63) is 12.2 Å². The van der Waals surface area contributed by atoms with Gasteiger partial charge in [0, 0.05) is 12.1 Å². The molecule has 0 saturated heterocycles. The fourth-order valence-electron chi connectivity index (χ4n) is 1.67. The van der Waals surface area contributed by atoms with Crippen LogP contribution in [0.1, 0.15) is 46.5 Å². The molecule has 0 aromatic rings. The summed E-state index contributed by atoms with van der Waals surface area (Å²) in [6, 6.07) is -0.216. The van der Waals surface area contributed by atoms with Crippen LogP contribution in [0.15, 0.2) is 12.2 Å². The largest absolute Gasteiger partial charge is 0.460 e. The predicted molar refractivity (Wildman–Crippen MR) is 80.5 cm³/mol. The maximum atomic E-state index is 11.5. The highest BCUT2D eigenvalue weighted by Gasteiger charge is 2.08. The highest BCUT2D eigenvalue weighted by molar-refractivity contribution is 5.86. The van der Waals surface area contributed by atoms with Crippen LogP contribution in [0.3, 0.4) is 0 Å². The maximum Gasteiger partial charge on any atom is 0.333 e. The first kappa shape index (κ1) is 18.5. The molecule has 0 aromatic heterocycles. The molecule has 1 atom stereocenters. The summed E-state index contributed by atoms with van der Waals surface area (Å²) in [4.78, 5) is 22.6. The molecular formula is C15H28N2O3. The van der Waals surface area contributed by atoms with Crippen LogP contribution < -0.4 is 10.6 Å². The van der Waals surface area contributed by atoms with Crippen LogP contribution in [0.5, 0.6) is 0 Å². The Kier molecular flexibility index (Phi) is 10.5. The summed E-state index contributed by atoms with van der Waals surface area (Å²) in [7, 11) is 0. The lowest BCUT2D eigenvalue weighted by Gasteiger charge is -2.15. The van der Waals surface area contributed by atoms with Crippen LogP contribution in [0.4, 0.5) is 4.79 Å². The molecule has 0 fully saturated rings. The number of urea groups is 1. The Morgan fingerprint density at radius 2 is 1.95 bits per heavy atom. The van der Waals surface area contributed by atoms with Gasteiger partial charge in [-0.05, 0) is 19.3 Å². The first-order chi connectivity index (χ1) is 9.51. The van der Waals surface area contributed by atoms with Gasteiger partial charge in [-0.1, -0.05) is 39.7 Å². The van der Waals surface area contributed by atoms with Crippen molar-refractivity contribution in [2.24, 2.45) is 5.92 Å². The van der Waals surface area contributed by atoms with E-state index in [2.05, 4.69) is 31.1 Å². The third-order valence-electron chi connectivity index (χ3n) is 3.06. The SMILES string of the molecule is C=C(C)C(=O)OCCNC(=O)NCC(CC)CCCC. The van der Waals surface area contributed by atoms with Gasteiger partial charge in [0.25, 0.3) is 0 Å². The van der Waals surface area contributed by atoms with Crippen LogP contribution in [-0.4, -0.2) is 31.7 Å². The summed E-state index contributed by atoms with van der Waals surface area (Å²) in [5, 5.41) is 5.50. The van der Waals surface area contributed by atoms with E-state index in [0.717, 1.165) is 12.8 Å². The van der Waals surface area contributed by atoms with Crippen LogP contribution >= 0.6 is 0 Å². The Labute approximate surface area is 122 Å². The molecule has 1 unspecified atom stereocenters. The molecule has 5 heteroatoms. The number of nitrogens with one attached hydrogen (secondary N) is 2. The van der Waals surface area contributed by atoms with Gasteiger partial charge in [0.1, 0.15) is 6.61 Å². The Bertz CT molecular complexity index is 316. The summed E-state index contributed by atoms with van der Waals surface area (Å²) >= 11 is 0. The standard InChI is InChI=1S/C15H28N2O3/c1-5-7-8-13(6-2)11-17-15(19)16-9-10-20-14(18)12(3)4/h13H,3,5-11H2,1-2,4H3,(H2,16,17,19). The fourth-order valence-corrected chi connectivity index (χ4v) is 1.67. The number of amides is 2. The number of unbranched alkanes of at least 4 members (excludes halogenated alkanes) is 1. The zero-order valence-electron chi connectivity index (χ0n) is 13.0. The highest BCUT2D eigenvalue weighted by Crippen LogP contribution is 2.10. The fraction of sp³-hybridized carbons (Fsp3) is 0.733. The van der Waals surface area contributed by atoms with E-state index in [9.17, 15) is 9.59 Å². The molecule has 0 bridgehead atoms. The third-order valence-corrected chi connectivity index (χ3v) is 3.06. The third kappa shape index (κ3) is 9.42. The van der Waals surface area contributed by atoms with E-state index in [-0.39, 0.29) is 12.6 Å². The van der Waals surface area contributed by atoms with E-state index in [1.807, 2.05) is 0 Å². The van der Waals surface area contributed by atoms with Crippen molar-refractivity contribution in [2.45, 2.75) is 46.5 Å². The molecule has 0 heterocycles. The van der Waals surface area contributed by atoms with Crippen LogP contribution in [0.25, 0.3) is 0 Å². The van der Waals surface area contributed by atoms with Crippen molar-refractivity contribution in [1.29, 1.82) is 0 Å². The second-order valence-corrected chi connectivity index (χ2v) is 4.97. The van der Waals surface area contributed by atoms with Crippen molar-refractivity contribution in [1.82, 2.24) is 10.6 Å². The van der Waals surface area contributed by atoms with Gasteiger partial charge in [0.2, 0.25) is 0 Å². The van der Waals surface area contributed by atoms with Crippen LogP contribution in [-0.2, 0) is 9.53 Å². The second kappa shape index (κ2) is 11.3. The average molecular weight is 284 g/mol. The van der Waals surface area contributed by atoms with Gasteiger partial charge in [0.15, 0.2) is 0 Å². The van der Waals surface area contributed by atoms with E-state index >= 15 is 0 Å². The molecule has 2 amide bonds. The summed E-state index contributed by atoms with van der Waals surface area (Å²) in [6.45, 7) is 10.5. The van der Waals surface area contributed by atoms with Gasteiger partial charge >= 0.3 is 12.0 Å². The number of carbonyl (C=O) groups excluding carboxylic acids is 2. The first-order valence-corrected chi connectivity index (χ1v) is 7.35. The number of ether oxygens (including phenoxy) is 1. The lowest BCUT2D eigenvalue weighted by atomic mass is 9.99. The molecule has 0 rings (SSSR count). The van der Waals surface area contributed by atoms with E-state index in [0.29, 0.717) is 24.6 Å². The van der Waals surface area contributed by atoms with E-state index in [1.165, 1.54) is 12.8 Å². The van der Waals surface area contributed by atoms with Gasteiger partial charge in [-0.2, -0.15) is 0 Å². The van der Waals surface area contributed by atoms with E-state index in [4.69, 9.17) is 4.74 Å². The molecule has 0 saturated carbocycles. The number of rotatable bonds is 10. The van der Waals surface area contributed by atoms with Crippen LogP contribution in [0, 0.1) is 5.92 Å².